The van der Waals surface area contributed by atoms with Crippen molar-refractivity contribution >= 4 is 11.9 Å². The van der Waals surface area contributed by atoms with Crippen LogP contribution in [0.4, 0.5) is 0 Å². The average Bonchev–Trinajstić information content (AvgIpc) is 2.64. The molecule has 0 N–H and O–H groups in total. The first-order valence-corrected chi connectivity index (χ1v) is 9.55. The van der Waals surface area contributed by atoms with Gasteiger partial charge in [-0.1, -0.05) is 24.3 Å². The van der Waals surface area contributed by atoms with E-state index in [1.165, 1.54) is 0 Å². The predicted molar refractivity (Wildman–Crippen MR) is 94.7 cm³/mol. The average molecular weight is 362 g/mol. The Hall–Kier alpha value is -2.82. The molecule has 2 aliphatic carbocycles. The molecule has 4 unspecified atom stereocenters. The molecule has 0 spiro atoms. The van der Waals surface area contributed by atoms with Gasteiger partial charge in [0.1, 0.15) is 23.7 Å². The van der Waals surface area contributed by atoms with Crippen molar-refractivity contribution < 1.29 is 23.8 Å². The molecule has 2 aliphatic heterocycles. The summed E-state index contributed by atoms with van der Waals surface area (Å²) in [5.74, 6) is 0.0511. The minimum Gasteiger partial charge on any atom is -0.485 e. The van der Waals surface area contributed by atoms with Gasteiger partial charge in [0.05, 0.1) is 11.8 Å². The predicted octanol–water partition coefficient (Wildman–Crippen LogP) is 4.08. The molecule has 4 atom stereocenters. The molecule has 0 radical (unpaired) electrons. The standard InChI is InChI=1S/C22H18O5/c23-21(13-7-9-17-19-11(13)3-1-5-15(19)25-17)27-22(24)14-8-10-18-20-12(14)4-2-6-16(20)26-18/h1-6,13-14,17-18H,7-10H2. The molecule has 0 bridgehead atoms. The summed E-state index contributed by atoms with van der Waals surface area (Å²) in [4.78, 5) is 25.6. The zero-order valence-corrected chi connectivity index (χ0v) is 14.6. The fraction of sp³-hybridized carbons (Fsp3) is 0.364. The summed E-state index contributed by atoms with van der Waals surface area (Å²) in [7, 11) is 0. The second-order valence-corrected chi connectivity index (χ2v) is 7.73. The van der Waals surface area contributed by atoms with Crippen molar-refractivity contribution in [3.05, 3.63) is 58.7 Å². The van der Waals surface area contributed by atoms with E-state index < -0.39 is 11.9 Å². The van der Waals surface area contributed by atoms with E-state index in [-0.39, 0.29) is 24.0 Å². The van der Waals surface area contributed by atoms with Crippen LogP contribution in [0.25, 0.3) is 0 Å². The fourth-order valence-electron chi connectivity index (χ4n) is 5.02. The number of hydrogen-bond donors (Lipinski definition) is 0. The molecular weight excluding hydrogens is 344 g/mol. The lowest BCUT2D eigenvalue weighted by atomic mass is 9.77. The summed E-state index contributed by atoms with van der Waals surface area (Å²) in [5.41, 5.74) is 4.13. The minimum absolute atomic E-state index is 0.0920. The topological polar surface area (TPSA) is 61.8 Å². The van der Waals surface area contributed by atoms with Crippen molar-refractivity contribution in [1.82, 2.24) is 0 Å². The van der Waals surface area contributed by atoms with Crippen molar-refractivity contribution in [2.45, 2.75) is 49.7 Å². The Morgan fingerprint density at radius 2 is 1.22 bits per heavy atom. The van der Waals surface area contributed by atoms with Gasteiger partial charge in [-0.15, -0.1) is 0 Å². The van der Waals surface area contributed by atoms with Gasteiger partial charge >= 0.3 is 11.9 Å². The van der Waals surface area contributed by atoms with Crippen molar-refractivity contribution in [2.75, 3.05) is 0 Å². The third kappa shape index (κ3) is 2.05. The number of carbonyl (C=O) groups excluding carboxylic acids is 2. The molecule has 2 aromatic carbocycles. The lowest BCUT2D eigenvalue weighted by Gasteiger charge is -2.40. The third-order valence-electron chi connectivity index (χ3n) is 6.34. The van der Waals surface area contributed by atoms with E-state index in [2.05, 4.69) is 0 Å². The van der Waals surface area contributed by atoms with Crippen LogP contribution in [0.5, 0.6) is 11.5 Å². The fourth-order valence-corrected chi connectivity index (χ4v) is 5.02. The number of benzene rings is 2. The van der Waals surface area contributed by atoms with Crippen LogP contribution in [0.15, 0.2) is 36.4 Å². The molecule has 4 aliphatic rings. The van der Waals surface area contributed by atoms with Gasteiger partial charge in [0, 0.05) is 11.1 Å². The summed E-state index contributed by atoms with van der Waals surface area (Å²) >= 11 is 0. The van der Waals surface area contributed by atoms with Crippen LogP contribution in [0, 0.1) is 0 Å². The largest absolute Gasteiger partial charge is 0.485 e. The van der Waals surface area contributed by atoms with Crippen LogP contribution >= 0.6 is 0 Å². The highest BCUT2D eigenvalue weighted by Gasteiger charge is 2.44. The number of carbonyl (C=O) groups is 2. The van der Waals surface area contributed by atoms with Crippen LogP contribution in [-0.2, 0) is 14.3 Å². The van der Waals surface area contributed by atoms with E-state index in [4.69, 9.17) is 14.2 Å². The molecule has 27 heavy (non-hydrogen) atoms. The van der Waals surface area contributed by atoms with Crippen molar-refractivity contribution in [3.8, 4) is 11.5 Å². The molecule has 0 amide bonds. The Morgan fingerprint density at radius 1 is 0.741 bits per heavy atom. The van der Waals surface area contributed by atoms with E-state index in [1.807, 2.05) is 36.4 Å². The summed E-state index contributed by atoms with van der Waals surface area (Å²) in [6.07, 6.45) is 3.05. The summed E-state index contributed by atoms with van der Waals surface area (Å²) in [6.45, 7) is 0. The van der Waals surface area contributed by atoms with Crippen LogP contribution in [-0.4, -0.2) is 11.9 Å². The molecule has 136 valence electrons. The Balaban J connectivity index is 1.25. The van der Waals surface area contributed by atoms with Crippen LogP contribution in [0.1, 0.15) is 72.0 Å². The molecule has 5 heteroatoms. The highest BCUT2D eigenvalue weighted by molar-refractivity contribution is 5.93. The molecule has 2 aromatic rings. The van der Waals surface area contributed by atoms with Crippen LogP contribution in [0.2, 0.25) is 0 Å². The lowest BCUT2D eigenvalue weighted by Crippen LogP contribution is -2.34. The SMILES string of the molecule is O=C(OC(=O)C1CCC2Oc3cccc1c32)C1CCC2Oc3cccc1c32. The zero-order chi connectivity index (χ0) is 18.1. The van der Waals surface area contributed by atoms with Gasteiger partial charge in [-0.3, -0.25) is 9.59 Å². The Labute approximate surface area is 156 Å². The van der Waals surface area contributed by atoms with Crippen LogP contribution in [0.3, 0.4) is 0 Å². The summed E-state index contributed by atoms with van der Waals surface area (Å²) < 4.78 is 16.8. The molecule has 0 saturated carbocycles. The molecule has 5 nitrogen and oxygen atoms in total. The van der Waals surface area contributed by atoms with Gasteiger partial charge in [-0.05, 0) is 48.9 Å². The quantitative estimate of drug-likeness (QED) is 0.595. The highest BCUT2D eigenvalue weighted by Crippen LogP contribution is 2.52. The van der Waals surface area contributed by atoms with Gasteiger partial charge in [-0.2, -0.15) is 0 Å². The van der Waals surface area contributed by atoms with E-state index in [0.29, 0.717) is 12.8 Å². The maximum atomic E-state index is 12.8. The van der Waals surface area contributed by atoms with Crippen LogP contribution < -0.4 is 9.47 Å². The smallest absolute Gasteiger partial charge is 0.321 e. The first-order valence-electron chi connectivity index (χ1n) is 9.55. The first kappa shape index (κ1) is 15.3. The van der Waals surface area contributed by atoms with Gasteiger partial charge < -0.3 is 14.2 Å². The maximum Gasteiger partial charge on any atom is 0.321 e. The normalized spacial score (nSPS) is 28.3. The van der Waals surface area contributed by atoms with E-state index in [0.717, 1.165) is 46.6 Å². The molecule has 0 aromatic heterocycles. The summed E-state index contributed by atoms with van der Waals surface area (Å²) in [6, 6.07) is 11.5. The van der Waals surface area contributed by atoms with Gasteiger partial charge in [0.2, 0.25) is 0 Å². The van der Waals surface area contributed by atoms with Crippen molar-refractivity contribution in [2.24, 2.45) is 0 Å². The first-order chi connectivity index (χ1) is 13.2. The van der Waals surface area contributed by atoms with Gasteiger partial charge in [0.15, 0.2) is 0 Å². The van der Waals surface area contributed by atoms with Gasteiger partial charge in [-0.25, -0.2) is 0 Å². The monoisotopic (exact) mass is 362 g/mol. The molecular formula is C22H18O5. The second kappa shape index (κ2) is 5.35. The molecule has 2 heterocycles. The zero-order valence-electron chi connectivity index (χ0n) is 14.6. The van der Waals surface area contributed by atoms with E-state index >= 15 is 0 Å². The van der Waals surface area contributed by atoms with Crippen molar-refractivity contribution in [1.29, 1.82) is 0 Å². The Kier molecular flexibility index (Phi) is 3.02. The molecule has 6 rings (SSSR count). The number of ether oxygens (including phenoxy) is 3. The maximum absolute atomic E-state index is 12.8. The van der Waals surface area contributed by atoms with E-state index in [9.17, 15) is 9.59 Å². The Morgan fingerprint density at radius 3 is 1.70 bits per heavy atom. The lowest BCUT2D eigenvalue weighted by molar-refractivity contribution is -0.162. The third-order valence-corrected chi connectivity index (χ3v) is 6.34. The van der Waals surface area contributed by atoms with E-state index in [1.54, 1.807) is 0 Å². The molecule has 0 saturated heterocycles. The Bertz CT molecular complexity index is 915. The minimum atomic E-state index is -0.438. The highest BCUT2D eigenvalue weighted by atomic mass is 16.6. The molecule has 0 fully saturated rings. The second-order valence-electron chi connectivity index (χ2n) is 7.73. The number of hydrogen-bond acceptors (Lipinski definition) is 5. The van der Waals surface area contributed by atoms with Crippen molar-refractivity contribution in [3.63, 3.8) is 0 Å². The summed E-state index contributed by atoms with van der Waals surface area (Å²) in [5, 5.41) is 0. The van der Waals surface area contributed by atoms with Gasteiger partial charge in [0.25, 0.3) is 0 Å². The number of esters is 2. The number of rotatable bonds is 2.